The van der Waals surface area contributed by atoms with Crippen LogP contribution in [0.25, 0.3) is 0 Å². The second-order valence-electron chi connectivity index (χ2n) is 14.4. The van der Waals surface area contributed by atoms with E-state index in [1.807, 2.05) is 0 Å². The van der Waals surface area contributed by atoms with Crippen molar-refractivity contribution in [1.29, 1.82) is 0 Å². The standard InChI is InChI=1S/C29H48N3O9PSi/c1-17(2)32-15-20-23(24-26(37-20)39-29(38-24)11-9-10-12-29)41-42(32)40-19-13-22(31-14-18(3)25(33)30-27(31)34)36-21(19)16-35-43(7,8)28(4,5)6/h14,17,19-24,26H,9-13,15-16H2,1-8H3,(H,30,33,34)/t19-,20+,21+,22+,23-,24+,26+,42?/m0/s1. The lowest BCUT2D eigenvalue weighted by atomic mass is 10.1. The van der Waals surface area contributed by atoms with Crippen LogP contribution in [0.4, 0.5) is 0 Å². The minimum absolute atomic E-state index is 0.0212. The molecule has 5 heterocycles. The van der Waals surface area contributed by atoms with Crippen LogP contribution in [0.2, 0.25) is 18.1 Å². The van der Waals surface area contributed by atoms with Gasteiger partial charge in [0.25, 0.3) is 14.1 Å². The van der Waals surface area contributed by atoms with Crippen molar-refractivity contribution in [3.8, 4) is 0 Å². The van der Waals surface area contributed by atoms with E-state index in [-0.39, 0.29) is 29.4 Å². The number of nitrogens with one attached hydrogen (secondary N) is 1. The van der Waals surface area contributed by atoms with E-state index in [1.54, 1.807) is 13.1 Å². The van der Waals surface area contributed by atoms with Crippen LogP contribution in [0.5, 0.6) is 0 Å². The highest BCUT2D eigenvalue weighted by Gasteiger charge is 2.62. The molecule has 1 aromatic rings. The van der Waals surface area contributed by atoms with Crippen LogP contribution in [0, 0.1) is 6.92 Å². The van der Waals surface area contributed by atoms with Crippen molar-refractivity contribution >= 4 is 16.8 Å². The number of fused-ring (bicyclic) bond motifs is 3. The quantitative estimate of drug-likeness (QED) is 0.341. The first-order valence-corrected chi connectivity index (χ1v) is 19.7. The van der Waals surface area contributed by atoms with E-state index in [9.17, 15) is 9.59 Å². The van der Waals surface area contributed by atoms with Crippen molar-refractivity contribution in [2.24, 2.45) is 0 Å². The molecule has 14 heteroatoms. The van der Waals surface area contributed by atoms with Gasteiger partial charge < -0.3 is 32.4 Å². The number of aromatic amines is 1. The molecule has 1 aliphatic carbocycles. The summed E-state index contributed by atoms with van der Waals surface area (Å²) in [5.74, 6) is -0.552. The predicted molar refractivity (Wildman–Crippen MR) is 162 cm³/mol. The summed E-state index contributed by atoms with van der Waals surface area (Å²) < 4.78 is 49.5. The molecule has 6 rings (SSSR count). The molecule has 4 saturated heterocycles. The van der Waals surface area contributed by atoms with Gasteiger partial charge in [-0.15, -0.1) is 0 Å². The Morgan fingerprint density at radius 2 is 1.86 bits per heavy atom. The molecule has 12 nitrogen and oxygen atoms in total. The van der Waals surface area contributed by atoms with Crippen molar-refractivity contribution in [2.45, 2.75) is 147 Å². The third kappa shape index (κ3) is 6.12. The number of aryl methyl sites for hydroxylation is 1. The van der Waals surface area contributed by atoms with Crippen molar-refractivity contribution in [1.82, 2.24) is 14.2 Å². The van der Waals surface area contributed by atoms with Crippen molar-refractivity contribution in [3.05, 3.63) is 32.6 Å². The Bertz CT molecular complexity index is 1290. The number of H-pyrrole nitrogens is 1. The summed E-state index contributed by atoms with van der Waals surface area (Å²) >= 11 is 0. The zero-order valence-corrected chi connectivity index (χ0v) is 28.6. The van der Waals surface area contributed by atoms with Gasteiger partial charge >= 0.3 is 5.69 Å². The van der Waals surface area contributed by atoms with Crippen LogP contribution in [0.15, 0.2) is 15.8 Å². The maximum atomic E-state index is 12.8. The molecule has 242 valence electrons. The Labute approximate surface area is 255 Å². The van der Waals surface area contributed by atoms with Gasteiger partial charge in [-0.25, -0.2) is 9.46 Å². The van der Waals surface area contributed by atoms with Crippen molar-refractivity contribution in [3.63, 3.8) is 0 Å². The fraction of sp³-hybridized carbons (Fsp3) is 0.862. The molecule has 1 aromatic heterocycles. The number of rotatable bonds is 7. The average Bonchev–Trinajstić information content (AvgIpc) is 3.69. The van der Waals surface area contributed by atoms with Crippen molar-refractivity contribution < 1.29 is 32.4 Å². The zero-order valence-electron chi connectivity index (χ0n) is 26.7. The summed E-state index contributed by atoms with van der Waals surface area (Å²) in [5, 5.41) is 0.0212. The lowest BCUT2D eigenvalue weighted by Crippen LogP contribution is -2.49. The monoisotopic (exact) mass is 641 g/mol. The van der Waals surface area contributed by atoms with Gasteiger partial charge in [0.2, 0.25) is 0 Å². The summed E-state index contributed by atoms with van der Waals surface area (Å²) in [6.45, 7) is 17.9. The van der Waals surface area contributed by atoms with E-state index < -0.39 is 58.6 Å². The number of hydrogen-bond donors (Lipinski definition) is 1. The highest BCUT2D eigenvalue weighted by atomic mass is 31.2. The summed E-state index contributed by atoms with van der Waals surface area (Å²) in [6.07, 6.45) is 3.25. The molecule has 5 fully saturated rings. The highest BCUT2D eigenvalue weighted by molar-refractivity contribution is 7.44. The molecule has 1 saturated carbocycles. The van der Waals surface area contributed by atoms with E-state index in [0.717, 1.165) is 25.7 Å². The van der Waals surface area contributed by atoms with E-state index in [0.29, 0.717) is 25.1 Å². The molecule has 8 atom stereocenters. The van der Waals surface area contributed by atoms with Gasteiger partial charge in [0.05, 0.1) is 12.7 Å². The van der Waals surface area contributed by atoms with Gasteiger partial charge in [0, 0.05) is 43.6 Å². The van der Waals surface area contributed by atoms with Gasteiger partial charge in [-0.3, -0.25) is 14.3 Å². The second-order valence-corrected chi connectivity index (χ2v) is 20.7. The Hall–Kier alpha value is -0.993. The van der Waals surface area contributed by atoms with Crippen LogP contribution >= 0.6 is 8.53 Å². The maximum Gasteiger partial charge on any atom is 0.330 e. The van der Waals surface area contributed by atoms with E-state index in [4.69, 9.17) is 32.4 Å². The second kappa shape index (κ2) is 11.7. The maximum absolute atomic E-state index is 12.8. The molecule has 0 bridgehead atoms. The zero-order chi connectivity index (χ0) is 30.9. The SMILES string of the molecule is Cc1cn([C@H]2C[C@H](OP3O[C@@H]4[C@H]5OC6(CCCC6)O[C@H]5O[C@@H]4CN3C(C)C)[C@@H](CO[Si](C)(C)C(C)(C)C)O2)c(=O)[nH]c1=O. The van der Waals surface area contributed by atoms with Crippen LogP contribution in [0.3, 0.4) is 0 Å². The molecule has 43 heavy (non-hydrogen) atoms. The van der Waals surface area contributed by atoms with E-state index in [1.165, 1.54) is 4.57 Å². The molecule has 0 aromatic carbocycles. The minimum Gasteiger partial charge on any atom is -0.414 e. The summed E-state index contributed by atoms with van der Waals surface area (Å²) in [7, 11) is -3.61. The van der Waals surface area contributed by atoms with E-state index >= 15 is 0 Å². The number of ether oxygens (including phenoxy) is 4. The molecule has 4 aliphatic heterocycles. The Kier molecular flexibility index (Phi) is 8.67. The fourth-order valence-electron chi connectivity index (χ4n) is 6.28. The predicted octanol–water partition coefficient (Wildman–Crippen LogP) is 4.29. The molecular formula is C29H48N3O9PSi. The largest absolute Gasteiger partial charge is 0.414 e. The molecule has 1 N–H and O–H groups in total. The first-order valence-electron chi connectivity index (χ1n) is 15.7. The van der Waals surface area contributed by atoms with Gasteiger partial charge in [-0.05, 0) is 51.7 Å². The van der Waals surface area contributed by atoms with Crippen LogP contribution in [0.1, 0.15) is 78.5 Å². The molecule has 1 unspecified atom stereocenters. The van der Waals surface area contributed by atoms with Gasteiger partial charge in [-0.2, -0.15) is 0 Å². The molecule has 1 spiro atoms. The Morgan fingerprint density at radius 3 is 2.53 bits per heavy atom. The number of aromatic nitrogens is 2. The fourth-order valence-corrected chi connectivity index (χ4v) is 9.17. The minimum atomic E-state index is -2.10. The molecule has 5 aliphatic rings. The first kappa shape index (κ1) is 32.0. The Balaban J connectivity index is 1.23. The number of hydrogen-bond acceptors (Lipinski definition) is 10. The third-order valence-electron chi connectivity index (χ3n) is 9.98. The topological polar surface area (TPSA) is 123 Å². The van der Waals surface area contributed by atoms with Crippen LogP contribution in [-0.2, 0) is 32.4 Å². The lowest BCUT2D eigenvalue weighted by molar-refractivity contribution is -0.231. The summed E-state index contributed by atoms with van der Waals surface area (Å²) in [6, 6.07) is 0.142. The average molecular weight is 642 g/mol. The van der Waals surface area contributed by atoms with Crippen LogP contribution < -0.4 is 11.2 Å². The van der Waals surface area contributed by atoms with Crippen molar-refractivity contribution in [2.75, 3.05) is 13.2 Å². The van der Waals surface area contributed by atoms with E-state index in [2.05, 4.69) is 57.4 Å². The molecule has 0 radical (unpaired) electrons. The molecule has 0 amide bonds. The van der Waals surface area contributed by atoms with Gasteiger partial charge in [-0.1, -0.05) is 20.8 Å². The lowest BCUT2D eigenvalue weighted by Gasteiger charge is -2.43. The smallest absolute Gasteiger partial charge is 0.330 e. The highest BCUT2D eigenvalue weighted by Crippen LogP contribution is 2.57. The molecular weight excluding hydrogens is 593 g/mol. The summed E-state index contributed by atoms with van der Waals surface area (Å²) in [5.41, 5.74) is -0.473. The third-order valence-corrected chi connectivity index (χ3v) is 16.4. The summed E-state index contributed by atoms with van der Waals surface area (Å²) in [4.78, 5) is 27.3. The first-order chi connectivity index (χ1) is 20.2. The van der Waals surface area contributed by atoms with Crippen LogP contribution in [-0.4, -0.2) is 84.3 Å². The number of nitrogens with zero attached hydrogens (tertiary/aromatic N) is 2. The van der Waals surface area contributed by atoms with Gasteiger partial charge in [0.1, 0.15) is 30.6 Å². The normalized spacial score (nSPS) is 36.1. The van der Waals surface area contributed by atoms with Gasteiger partial charge in [0.15, 0.2) is 20.4 Å². The Morgan fingerprint density at radius 1 is 1.14 bits per heavy atom.